The molecule has 0 aliphatic carbocycles. The predicted octanol–water partition coefficient (Wildman–Crippen LogP) is 2.62. The number of benzene rings is 1. The Morgan fingerprint density at radius 3 is 2.67 bits per heavy atom. The van der Waals surface area contributed by atoms with Crippen LogP contribution in [0.4, 0.5) is 5.69 Å². The first-order valence-corrected chi connectivity index (χ1v) is 8.11. The van der Waals surface area contributed by atoms with Gasteiger partial charge in [-0.25, -0.2) is 0 Å². The summed E-state index contributed by atoms with van der Waals surface area (Å²) in [5.41, 5.74) is 6.83. The van der Waals surface area contributed by atoms with Gasteiger partial charge >= 0.3 is 0 Å². The summed E-state index contributed by atoms with van der Waals surface area (Å²) in [6, 6.07) is 5.63. The highest BCUT2D eigenvalue weighted by Gasteiger charge is 2.31. The molecule has 5 heteroatoms. The van der Waals surface area contributed by atoms with Crippen LogP contribution in [0.1, 0.15) is 36.0 Å². The van der Waals surface area contributed by atoms with Crippen LogP contribution in [0, 0.1) is 0 Å². The summed E-state index contributed by atoms with van der Waals surface area (Å²) in [6.07, 6.45) is 4.98. The number of likely N-dealkylation sites (tertiary alicyclic amines) is 2. The largest absolute Gasteiger partial charge is 0.399 e. The molecule has 4 nitrogen and oxygen atoms in total. The quantitative estimate of drug-likeness (QED) is 0.855. The van der Waals surface area contributed by atoms with Gasteiger partial charge in [0.25, 0.3) is 5.91 Å². The van der Waals surface area contributed by atoms with Gasteiger partial charge in [0.2, 0.25) is 0 Å². The number of anilines is 1. The third-order valence-corrected chi connectivity index (χ3v) is 4.89. The zero-order valence-electron chi connectivity index (χ0n) is 12.2. The average molecular weight is 308 g/mol. The molecule has 2 N–H and O–H groups in total. The number of hydrogen-bond acceptors (Lipinski definition) is 3. The highest BCUT2D eigenvalue weighted by molar-refractivity contribution is 6.34. The fraction of sp³-hybridized carbons (Fsp3) is 0.562. The van der Waals surface area contributed by atoms with Gasteiger partial charge in [-0.3, -0.25) is 9.69 Å². The number of halogens is 1. The molecule has 1 aromatic carbocycles. The molecule has 0 bridgehead atoms. The Labute approximate surface area is 130 Å². The van der Waals surface area contributed by atoms with Crippen molar-refractivity contribution in [1.82, 2.24) is 9.80 Å². The van der Waals surface area contributed by atoms with Gasteiger partial charge in [-0.1, -0.05) is 18.0 Å². The van der Waals surface area contributed by atoms with E-state index in [1.54, 1.807) is 18.2 Å². The molecule has 21 heavy (non-hydrogen) atoms. The molecule has 1 amide bonds. The molecular weight excluding hydrogens is 286 g/mol. The van der Waals surface area contributed by atoms with Crippen molar-refractivity contribution in [3.05, 3.63) is 28.8 Å². The SMILES string of the molecule is Nc1ccc(C(=O)N2CCC(N3CCCCC3)C2)c(Cl)c1. The first kappa shape index (κ1) is 14.7. The zero-order chi connectivity index (χ0) is 14.8. The molecule has 1 aromatic rings. The van der Waals surface area contributed by atoms with E-state index in [1.165, 1.54) is 32.4 Å². The molecule has 0 radical (unpaired) electrons. The van der Waals surface area contributed by atoms with E-state index in [0.29, 0.717) is 22.3 Å². The normalized spacial score (nSPS) is 23.5. The van der Waals surface area contributed by atoms with E-state index in [9.17, 15) is 4.79 Å². The number of carbonyl (C=O) groups is 1. The fourth-order valence-electron chi connectivity index (χ4n) is 3.38. The monoisotopic (exact) mass is 307 g/mol. The molecule has 0 saturated carbocycles. The van der Waals surface area contributed by atoms with Crippen LogP contribution in [0.15, 0.2) is 18.2 Å². The Kier molecular flexibility index (Phi) is 4.36. The van der Waals surface area contributed by atoms with Gasteiger partial charge in [0, 0.05) is 24.8 Å². The summed E-state index contributed by atoms with van der Waals surface area (Å²) in [5, 5.41) is 0.446. The Morgan fingerprint density at radius 2 is 1.95 bits per heavy atom. The summed E-state index contributed by atoms with van der Waals surface area (Å²) >= 11 is 6.15. The van der Waals surface area contributed by atoms with E-state index in [2.05, 4.69) is 4.90 Å². The van der Waals surface area contributed by atoms with Crippen LogP contribution in [0.2, 0.25) is 5.02 Å². The van der Waals surface area contributed by atoms with Crippen molar-refractivity contribution in [2.45, 2.75) is 31.7 Å². The number of nitrogens with two attached hydrogens (primary N) is 1. The van der Waals surface area contributed by atoms with Gasteiger partial charge in [0.05, 0.1) is 10.6 Å². The average Bonchev–Trinajstić information content (AvgIpc) is 2.97. The van der Waals surface area contributed by atoms with Crippen LogP contribution in [-0.4, -0.2) is 47.9 Å². The summed E-state index contributed by atoms with van der Waals surface area (Å²) in [5.74, 6) is 0.0273. The van der Waals surface area contributed by atoms with Crippen molar-refractivity contribution in [3.63, 3.8) is 0 Å². The standard InChI is InChI=1S/C16H22ClN3O/c17-15-10-12(18)4-5-14(15)16(21)20-9-6-13(11-20)19-7-2-1-3-8-19/h4-5,10,13H,1-3,6-9,11,18H2. The van der Waals surface area contributed by atoms with Crippen molar-refractivity contribution in [1.29, 1.82) is 0 Å². The number of amides is 1. The summed E-state index contributed by atoms with van der Waals surface area (Å²) in [4.78, 5) is 17.1. The van der Waals surface area contributed by atoms with Crippen molar-refractivity contribution in [3.8, 4) is 0 Å². The minimum absolute atomic E-state index is 0.0273. The lowest BCUT2D eigenvalue weighted by atomic mass is 10.1. The summed E-state index contributed by atoms with van der Waals surface area (Å²) in [6.45, 7) is 3.99. The van der Waals surface area contributed by atoms with E-state index >= 15 is 0 Å². The van der Waals surface area contributed by atoms with Gasteiger partial charge in [-0.2, -0.15) is 0 Å². The topological polar surface area (TPSA) is 49.6 Å². The number of nitrogen functional groups attached to an aromatic ring is 1. The maximum absolute atomic E-state index is 12.6. The molecule has 2 saturated heterocycles. The highest BCUT2D eigenvalue weighted by atomic mass is 35.5. The van der Waals surface area contributed by atoms with Crippen LogP contribution in [-0.2, 0) is 0 Å². The highest BCUT2D eigenvalue weighted by Crippen LogP contribution is 2.25. The van der Waals surface area contributed by atoms with Gasteiger partial charge in [-0.05, 0) is 50.6 Å². The second-order valence-electron chi connectivity index (χ2n) is 6.03. The lowest BCUT2D eigenvalue weighted by Gasteiger charge is -2.32. The van der Waals surface area contributed by atoms with Crippen LogP contribution in [0.5, 0.6) is 0 Å². The Hall–Kier alpha value is -1.26. The molecule has 1 unspecified atom stereocenters. The summed E-state index contributed by atoms with van der Waals surface area (Å²) in [7, 11) is 0. The number of carbonyl (C=O) groups excluding carboxylic acids is 1. The van der Waals surface area contributed by atoms with Crippen LogP contribution in [0.3, 0.4) is 0 Å². The maximum atomic E-state index is 12.6. The Balaban J connectivity index is 1.66. The van der Waals surface area contributed by atoms with Crippen molar-refractivity contribution < 1.29 is 4.79 Å². The molecule has 2 heterocycles. The molecule has 2 aliphatic heterocycles. The van der Waals surface area contributed by atoms with E-state index < -0.39 is 0 Å². The zero-order valence-corrected chi connectivity index (χ0v) is 13.0. The first-order chi connectivity index (χ1) is 10.1. The summed E-state index contributed by atoms with van der Waals surface area (Å²) < 4.78 is 0. The molecule has 0 spiro atoms. The van der Waals surface area contributed by atoms with E-state index in [4.69, 9.17) is 17.3 Å². The maximum Gasteiger partial charge on any atom is 0.255 e. The number of hydrogen-bond donors (Lipinski definition) is 1. The van der Waals surface area contributed by atoms with Gasteiger partial charge in [-0.15, -0.1) is 0 Å². The van der Waals surface area contributed by atoms with Crippen molar-refractivity contribution >= 4 is 23.2 Å². The molecule has 0 aromatic heterocycles. The molecule has 2 fully saturated rings. The van der Waals surface area contributed by atoms with Gasteiger partial charge < -0.3 is 10.6 Å². The van der Waals surface area contributed by atoms with E-state index in [1.807, 2.05) is 4.90 Å². The molecule has 1 atom stereocenters. The molecular formula is C16H22ClN3O. The van der Waals surface area contributed by atoms with Gasteiger partial charge in [0.1, 0.15) is 0 Å². The fourth-order valence-corrected chi connectivity index (χ4v) is 3.65. The molecule has 114 valence electrons. The Bertz CT molecular complexity index is 528. The second kappa shape index (κ2) is 6.24. The Morgan fingerprint density at radius 1 is 1.19 bits per heavy atom. The first-order valence-electron chi connectivity index (χ1n) is 7.73. The number of piperidine rings is 1. The second-order valence-corrected chi connectivity index (χ2v) is 6.44. The number of rotatable bonds is 2. The lowest BCUT2D eigenvalue weighted by Crippen LogP contribution is -2.41. The number of nitrogens with zero attached hydrogens (tertiary/aromatic N) is 2. The minimum Gasteiger partial charge on any atom is -0.399 e. The minimum atomic E-state index is 0.0273. The third kappa shape index (κ3) is 3.16. The predicted molar refractivity (Wildman–Crippen MR) is 85.6 cm³/mol. The van der Waals surface area contributed by atoms with Crippen LogP contribution < -0.4 is 5.73 Å². The van der Waals surface area contributed by atoms with E-state index in [-0.39, 0.29) is 5.91 Å². The lowest BCUT2D eigenvalue weighted by molar-refractivity contribution is 0.0771. The van der Waals surface area contributed by atoms with Crippen LogP contribution in [0.25, 0.3) is 0 Å². The van der Waals surface area contributed by atoms with E-state index in [0.717, 1.165) is 19.5 Å². The molecule has 3 rings (SSSR count). The molecule has 2 aliphatic rings. The van der Waals surface area contributed by atoms with Crippen molar-refractivity contribution in [2.24, 2.45) is 0 Å². The smallest absolute Gasteiger partial charge is 0.255 e. The third-order valence-electron chi connectivity index (χ3n) is 4.58. The van der Waals surface area contributed by atoms with Crippen LogP contribution >= 0.6 is 11.6 Å². The van der Waals surface area contributed by atoms with Crippen molar-refractivity contribution in [2.75, 3.05) is 31.9 Å². The van der Waals surface area contributed by atoms with Gasteiger partial charge in [0.15, 0.2) is 0 Å².